The van der Waals surface area contributed by atoms with E-state index in [9.17, 15) is 9.59 Å². The van der Waals surface area contributed by atoms with Crippen LogP contribution < -0.4 is 5.32 Å². The Morgan fingerprint density at radius 3 is 2.25 bits per heavy atom. The number of benzene rings is 3. The van der Waals surface area contributed by atoms with E-state index >= 15 is 0 Å². The molecule has 0 saturated carbocycles. The number of thioether (sulfide) groups is 1. The average Bonchev–Trinajstić information content (AvgIpc) is 2.82. The summed E-state index contributed by atoms with van der Waals surface area (Å²) >= 11 is 5.20. The molecule has 0 heterocycles. The number of carbonyl (C=O) groups is 2. The Labute approximate surface area is 228 Å². The molecule has 0 aromatic heterocycles. The quantitative estimate of drug-likeness (QED) is 0.275. The highest BCUT2D eigenvalue weighted by atomic mass is 79.9. The van der Waals surface area contributed by atoms with Crippen LogP contribution in [-0.2, 0) is 22.6 Å². The highest BCUT2D eigenvalue weighted by molar-refractivity contribution is 9.10. The van der Waals surface area contributed by atoms with Gasteiger partial charge in [-0.1, -0.05) is 76.1 Å². The SMILES string of the molecule is Cc1ccc(SCCC(=O)N(Cc2cccc(Br)c2)[C@H](Cc2ccccc2)C(=O)NC(C)(C)C)cc1. The highest BCUT2D eigenvalue weighted by Gasteiger charge is 2.32. The smallest absolute Gasteiger partial charge is 0.243 e. The van der Waals surface area contributed by atoms with Crippen molar-refractivity contribution in [3.8, 4) is 0 Å². The molecule has 6 heteroatoms. The molecule has 0 aliphatic heterocycles. The fourth-order valence-electron chi connectivity index (χ4n) is 3.87. The van der Waals surface area contributed by atoms with E-state index < -0.39 is 11.6 Å². The van der Waals surface area contributed by atoms with Crippen molar-refractivity contribution in [1.82, 2.24) is 10.2 Å². The van der Waals surface area contributed by atoms with Crippen LogP contribution >= 0.6 is 27.7 Å². The zero-order chi connectivity index (χ0) is 26.1. The van der Waals surface area contributed by atoms with Crippen molar-refractivity contribution in [2.75, 3.05) is 5.75 Å². The lowest BCUT2D eigenvalue weighted by molar-refractivity contribution is -0.141. The minimum absolute atomic E-state index is 0.0282. The van der Waals surface area contributed by atoms with Crippen LogP contribution in [0.5, 0.6) is 0 Å². The number of carbonyl (C=O) groups excluding carboxylic acids is 2. The average molecular weight is 568 g/mol. The van der Waals surface area contributed by atoms with Gasteiger partial charge in [0.05, 0.1) is 0 Å². The third-order valence-electron chi connectivity index (χ3n) is 5.62. The fourth-order valence-corrected chi connectivity index (χ4v) is 5.16. The van der Waals surface area contributed by atoms with Crippen LogP contribution in [0.1, 0.15) is 43.9 Å². The number of hydrogen-bond acceptors (Lipinski definition) is 3. The second-order valence-corrected chi connectivity index (χ2v) is 12.1. The van der Waals surface area contributed by atoms with Crippen molar-refractivity contribution in [3.63, 3.8) is 0 Å². The number of nitrogens with zero attached hydrogens (tertiary/aromatic N) is 1. The molecule has 2 amide bonds. The predicted octanol–water partition coefficient (Wildman–Crippen LogP) is 6.79. The Hall–Kier alpha value is -2.57. The lowest BCUT2D eigenvalue weighted by Gasteiger charge is -2.34. The lowest BCUT2D eigenvalue weighted by Crippen LogP contribution is -2.54. The van der Waals surface area contributed by atoms with E-state index in [1.807, 2.05) is 75.4 Å². The number of rotatable bonds is 10. The molecule has 3 rings (SSSR count). The maximum absolute atomic E-state index is 13.7. The van der Waals surface area contributed by atoms with Crippen LogP contribution in [0.3, 0.4) is 0 Å². The molecule has 3 aromatic carbocycles. The molecular formula is C30H35BrN2O2S. The summed E-state index contributed by atoms with van der Waals surface area (Å²) in [5, 5.41) is 3.11. The van der Waals surface area contributed by atoms with Gasteiger partial charge in [-0.25, -0.2) is 0 Å². The first-order valence-electron chi connectivity index (χ1n) is 12.2. The number of hydrogen-bond donors (Lipinski definition) is 1. The summed E-state index contributed by atoms with van der Waals surface area (Å²) in [5.74, 6) is 0.482. The van der Waals surface area contributed by atoms with E-state index in [0.717, 1.165) is 20.5 Å². The zero-order valence-corrected chi connectivity index (χ0v) is 23.9. The standard InChI is InChI=1S/C30H35BrN2O2S/c1-22-13-15-26(16-14-22)36-18-17-28(34)33(21-24-11-8-12-25(31)19-24)27(29(35)32-30(2,3)4)20-23-9-6-5-7-10-23/h5-16,19,27H,17-18,20-21H2,1-4H3,(H,32,35)/t27-/m1/s1. The van der Waals surface area contributed by atoms with E-state index in [4.69, 9.17) is 0 Å². The van der Waals surface area contributed by atoms with Gasteiger partial charge >= 0.3 is 0 Å². The van der Waals surface area contributed by atoms with Gasteiger partial charge in [-0.2, -0.15) is 0 Å². The molecule has 36 heavy (non-hydrogen) atoms. The molecular weight excluding hydrogens is 532 g/mol. The van der Waals surface area contributed by atoms with E-state index in [1.54, 1.807) is 16.7 Å². The molecule has 0 spiro atoms. The van der Waals surface area contributed by atoms with E-state index in [1.165, 1.54) is 5.56 Å². The molecule has 3 aromatic rings. The van der Waals surface area contributed by atoms with Gasteiger partial charge in [0.2, 0.25) is 11.8 Å². The summed E-state index contributed by atoms with van der Waals surface area (Å²) in [5.41, 5.74) is 2.81. The summed E-state index contributed by atoms with van der Waals surface area (Å²) < 4.78 is 0.945. The first-order valence-corrected chi connectivity index (χ1v) is 14.0. The highest BCUT2D eigenvalue weighted by Crippen LogP contribution is 2.22. The number of aryl methyl sites for hydroxylation is 1. The van der Waals surface area contributed by atoms with Gasteiger partial charge in [-0.3, -0.25) is 9.59 Å². The molecule has 1 N–H and O–H groups in total. The third-order valence-corrected chi connectivity index (χ3v) is 7.12. The van der Waals surface area contributed by atoms with Crippen molar-refractivity contribution in [2.45, 2.75) is 63.6 Å². The molecule has 0 bridgehead atoms. The normalized spacial score (nSPS) is 12.1. The summed E-state index contributed by atoms with van der Waals surface area (Å²) in [6.45, 7) is 8.31. The molecule has 190 valence electrons. The Bertz CT molecular complexity index is 1140. The van der Waals surface area contributed by atoms with Crippen molar-refractivity contribution in [1.29, 1.82) is 0 Å². The first-order chi connectivity index (χ1) is 17.1. The third kappa shape index (κ3) is 9.14. The van der Waals surface area contributed by atoms with Gasteiger partial charge < -0.3 is 10.2 Å². The molecule has 0 fully saturated rings. The Kier molecular flexibility index (Phi) is 10.2. The first kappa shape index (κ1) is 28.0. The van der Waals surface area contributed by atoms with Crippen LogP contribution in [0.25, 0.3) is 0 Å². The van der Waals surface area contributed by atoms with Crippen LogP contribution in [0.4, 0.5) is 0 Å². The summed E-state index contributed by atoms with van der Waals surface area (Å²) in [6.07, 6.45) is 0.800. The Morgan fingerprint density at radius 2 is 1.61 bits per heavy atom. The Balaban J connectivity index is 1.86. The minimum Gasteiger partial charge on any atom is -0.350 e. The van der Waals surface area contributed by atoms with E-state index in [-0.39, 0.29) is 11.8 Å². The van der Waals surface area contributed by atoms with E-state index in [2.05, 4.69) is 52.4 Å². The van der Waals surface area contributed by atoms with Gasteiger partial charge in [0.15, 0.2) is 0 Å². The monoisotopic (exact) mass is 566 g/mol. The second kappa shape index (κ2) is 13.1. The zero-order valence-electron chi connectivity index (χ0n) is 21.5. The number of amides is 2. The van der Waals surface area contributed by atoms with Gasteiger partial charge in [0.1, 0.15) is 6.04 Å². The second-order valence-electron chi connectivity index (χ2n) is 10.0. The van der Waals surface area contributed by atoms with Gasteiger partial charge in [-0.05, 0) is 63.1 Å². The molecule has 0 saturated heterocycles. The summed E-state index contributed by atoms with van der Waals surface area (Å²) in [7, 11) is 0. The summed E-state index contributed by atoms with van der Waals surface area (Å²) in [6, 6.07) is 25.5. The molecule has 0 radical (unpaired) electrons. The number of halogens is 1. The fraction of sp³-hybridized carbons (Fsp3) is 0.333. The molecule has 4 nitrogen and oxygen atoms in total. The Morgan fingerprint density at radius 1 is 0.944 bits per heavy atom. The van der Waals surface area contributed by atoms with Crippen molar-refractivity contribution >= 4 is 39.5 Å². The van der Waals surface area contributed by atoms with Crippen LogP contribution in [0.15, 0.2) is 88.2 Å². The summed E-state index contributed by atoms with van der Waals surface area (Å²) in [4.78, 5) is 30.2. The predicted molar refractivity (Wildman–Crippen MR) is 153 cm³/mol. The molecule has 0 aliphatic rings. The van der Waals surface area contributed by atoms with Crippen molar-refractivity contribution < 1.29 is 9.59 Å². The van der Waals surface area contributed by atoms with Crippen molar-refractivity contribution in [2.24, 2.45) is 0 Å². The molecule has 1 atom stereocenters. The largest absolute Gasteiger partial charge is 0.350 e. The minimum atomic E-state index is -0.623. The van der Waals surface area contributed by atoms with Crippen LogP contribution in [0.2, 0.25) is 0 Å². The van der Waals surface area contributed by atoms with Gasteiger partial charge in [0, 0.05) is 40.0 Å². The van der Waals surface area contributed by atoms with Gasteiger partial charge in [0.25, 0.3) is 0 Å². The lowest BCUT2D eigenvalue weighted by atomic mass is 10.0. The maximum Gasteiger partial charge on any atom is 0.243 e. The topological polar surface area (TPSA) is 49.4 Å². The van der Waals surface area contributed by atoms with E-state index in [0.29, 0.717) is 25.1 Å². The van der Waals surface area contributed by atoms with Crippen molar-refractivity contribution in [3.05, 3.63) is 100 Å². The van der Waals surface area contributed by atoms with Gasteiger partial charge in [-0.15, -0.1) is 11.8 Å². The molecule has 0 unspecified atom stereocenters. The molecule has 0 aliphatic carbocycles. The number of nitrogens with one attached hydrogen (secondary N) is 1. The van der Waals surface area contributed by atoms with Crippen LogP contribution in [-0.4, -0.2) is 34.0 Å². The van der Waals surface area contributed by atoms with Crippen LogP contribution in [0, 0.1) is 6.92 Å². The maximum atomic E-state index is 13.7.